The monoisotopic (exact) mass is 381 g/mol. The fraction of sp³-hybridized carbons (Fsp3) is 0.300. The largest absolute Gasteiger partial charge is 0.477 e. The number of hydrogen-bond acceptors (Lipinski definition) is 5. The molecule has 4 rings (SSSR count). The Balaban J connectivity index is 1.81. The highest BCUT2D eigenvalue weighted by atomic mass is 19.1. The number of aromatic carboxylic acids is 1. The van der Waals surface area contributed by atoms with Gasteiger partial charge in [-0.2, -0.15) is 5.10 Å². The molecule has 1 N–H and O–H groups in total. The van der Waals surface area contributed by atoms with Gasteiger partial charge in [-0.05, 0) is 37.5 Å². The van der Waals surface area contributed by atoms with Crippen LogP contribution in [0.2, 0.25) is 0 Å². The van der Waals surface area contributed by atoms with E-state index >= 15 is 0 Å². The molecule has 1 fully saturated rings. The summed E-state index contributed by atoms with van der Waals surface area (Å²) in [6, 6.07) is 3.19. The van der Waals surface area contributed by atoms with E-state index in [2.05, 4.69) is 26.5 Å². The first-order chi connectivity index (χ1) is 13.5. The topological polar surface area (TPSA) is 83.6 Å². The van der Waals surface area contributed by atoms with E-state index < -0.39 is 11.8 Å². The maximum atomic E-state index is 13.9. The summed E-state index contributed by atoms with van der Waals surface area (Å²) in [5.41, 5.74) is 2.34. The van der Waals surface area contributed by atoms with Crippen molar-refractivity contribution in [2.24, 2.45) is 0 Å². The standard InChI is InChI=1S/C20H20FN5O2/c1-3-14-13(10-12(21)11-22-14)16-6-5-8-25(16)17-7-9-26-19(23-17)18(20(27)28)15(4-2)24-26/h3,7,9-11,16H,1,4-6,8H2,2H3,(H,27,28). The zero-order chi connectivity index (χ0) is 19.8. The highest BCUT2D eigenvalue weighted by Crippen LogP contribution is 2.37. The number of anilines is 1. The van der Waals surface area contributed by atoms with E-state index in [1.54, 1.807) is 12.3 Å². The van der Waals surface area contributed by atoms with Gasteiger partial charge in [0.15, 0.2) is 5.65 Å². The minimum Gasteiger partial charge on any atom is -0.477 e. The van der Waals surface area contributed by atoms with Gasteiger partial charge in [0.05, 0.1) is 23.6 Å². The molecule has 28 heavy (non-hydrogen) atoms. The summed E-state index contributed by atoms with van der Waals surface area (Å²) in [6.07, 6.45) is 6.76. The molecule has 0 bridgehead atoms. The number of rotatable bonds is 5. The van der Waals surface area contributed by atoms with E-state index in [9.17, 15) is 14.3 Å². The molecule has 0 aliphatic carbocycles. The van der Waals surface area contributed by atoms with Gasteiger partial charge >= 0.3 is 5.97 Å². The molecule has 1 saturated heterocycles. The van der Waals surface area contributed by atoms with Crippen molar-refractivity contribution >= 4 is 23.5 Å². The number of hydrogen-bond donors (Lipinski definition) is 1. The van der Waals surface area contributed by atoms with Crippen LogP contribution in [0.4, 0.5) is 10.2 Å². The van der Waals surface area contributed by atoms with Crippen molar-refractivity contribution in [2.75, 3.05) is 11.4 Å². The van der Waals surface area contributed by atoms with Crippen LogP contribution >= 0.6 is 0 Å². The van der Waals surface area contributed by atoms with Crippen LogP contribution in [0.1, 0.15) is 53.1 Å². The van der Waals surface area contributed by atoms with E-state index in [0.29, 0.717) is 29.3 Å². The van der Waals surface area contributed by atoms with Crippen molar-refractivity contribution in [3.8, 4) is 0 Å². The van der Waals surface area contributed by atoms with Crippen LogP contribution in [0.25, 0.3) is 11.7 Å². The average molecular weight is 381 g/mol. The number of aromatic nitrogens is 4. The zero-order valence-corrected chi connectivity index (χ0v) is 15.5. The molecule has 144 valence electrons. The molecule has 0 aromatic carbocycles. The van der Waals surface area contributed by atoms with E-state index in [4.69, 9.17) is 0 Å². The molecule has 8 heteroatoms. The second-order valence-electron chi connectivity index (χ2n) is 6.72. The van der Waals surface area contributed by atoms with Gasteiger partial charge in [-0.15, -0.1) is 0 Å². The number of aryl methyl sites for hydroxylation is 1. The number of nitrogens with zero attached hydrogens (tertiary/aromatic N) is 5. The minimum absolute atomic E-state index is 0.104. The van der Waals surface area contributed by atoms with E-state index in [-0.39, 0.29) is 11.6 Å². The van der Waals surface area contributed by atoms with Gasteiger partial charge in [-0.25, -0.2) is 18.7 Å². The molecule has 0 radical (unpaired) electrons. The predicted octanol–water partition coefficient (Wildman–Crippen LogP) is 3.51. The average Bonchev–Trinajstić information content (AvgIpc) is 3.31. The van der Waals surface area contributed by atoms with Crippen LogP contribution in [-0.4, -0.2) is 37.2 Å². The lowest BCUT2D eigenvalue weighted by Gasteiger charge is -2.27. The summed E-state index contributed by atoms with van der Waals surface area (Å²) < 4.78 is 15.3. The molecule has 0 saturated carbocycles. The quantitative estimate of drug-likeness (QED) is 0.728. The van der Waals surface area contributed by atoms with Gasteiger partial charge in [-0.3, -0.25) is 4.98 Å². The number of carboxylic acid groups (broad SMARTS) is 1. The first-order valence-electron chi connectivity index (χ1n) is 9.19. The number of pyridine rings is 1. The highest BCUT2D eigenvalue weighted by molar-refractivity contribution is 5.96. The fourth-order valence-corrected chi connectivity index (χ4v) is 3.86. The Morgan fingerprint density at radius 1 is 1.50 bits per heavy atom. The Kier molecular flexibility index (Phi) is 4.54. The number of carbonyl (C=O) groups is 1. The van der Waals surface area contributed by atoms with Crippen molar-refractivity contribution in [3.63, 3.8) is 0 Å². The summed E-state index contributed by atoms with van der Waals surface area (Å²) in [5, 5.41) is 13.9. The molecule has 3 aromatic heterocycles. The summed E-state index contributed by atoms with van der Waals surface area (Å²) in [4.78, 5) is 22.5. The van der Waals surface area contributed by atoms with E-state index in [0.717, 1.165) is 24.9 Å². The third kappa shape index (κ3) is 2.90. The summed E-state index contributed by atoms with van der Waals surface area (Å²) >= 11 is 0. The Morgan fingerprint density at radius 3 is 3.04 bits per heavy atom. The Hall–Kier alpha value is -3.29. The summed E-state index contributed by atoms with van der Waals surface area (Å²) in [6.45, 7) is 6.37. The molecule has 0 spiro atoms. The number of carboxylic acids is 1. The fourth-order valence-electron chi connectivity index (χ4n) is 3.86. The molecule has 0 amide bonds. The maximum Gasteiger partial charge on any atom is 0.341 e. The van der Waals surface area contributed by atoms with Gasteiger partial charge in [0, 0.05) is 18.3 Å². The van der Waals surface area contributed by atoms with E-state index in [1.165, 1.54) is 16.8 Å². The molecular weight excluding hydrogens is 361 g/mol. The van der Waals surface area contributed by atoms with Crippen molar-refractivity contribution in [2.45, 2.75) is 32.2 Å². The lowest BCUT2D eigenvalue weighted by molar-refractivity contribution is 0.0697. The van der Waals surface area contributed by atoms with Gasteiger partial charge in [-0.1, -0.05) is 13.5 Å². The van der Waals surface area contributed by atoms with Crippen molar-refractivity contribution in [1.82, 2.24) is 19.6 Å². The first-order valence-corrected chi connectivity index (χ1v) is 9.19. The Labute approximate surface area is 161 Å². The third-order valence-corrected chi connectivity index (χ3v) is 5.11. The van der Waals surface area contributed by atoms with Crippen molar-refractivity contribution in [1.29, 1.82) is 0 Å². The molecule has 1 unspecified atom stereocenters. The van der Waals surface area contributed by atoms with Crippen molar-refractivity contribution in [3.05, 3.63) is 59.4 Å². The normalized spacial score (nSPS) is 16.6. The number of halogens is 1. The SMILES string of the molecule is C=Cc1ncc(F)cc1C1CCCN1c1ccn2nc(CC)c(C(=O)O)c2n1. The lowest BCUT2D eigenvalue weighted by atomic mass is 10.0. The van der Waals surface area contributed by atoms with Crippen molar-refractivity contribution < 1.29 is 14.3 Å². The van der Waals surface area contributed by atoms with Gasteiger partial charge < -0.3 is 10.0 Å². The number of fused-ring (bicyclic) bond motifs is 1. The second-order valence-corrected chi connectivity index (χ2v) is 6.72. The van der Waals surface area contributed by atoms with Gasteiger partial charge in [0.1, 0.15) is 17.2 Å². The predicted molar refractivity (Wildman–Crippen MR) is 103 cm³/mol. The molecule has 4 heterocycles. The highest BCUT2D eigenvalue weighted by Gasteiger charge is 2.30. The summed E-state index contributed by atoms with van der Waals surface area (Å²) in [5.74, 6) is -0.801. The summed E-state index contributed by atoms with van der Waals surface area (Å²) in [7, 11) is 0. The Bertz CT molecular complexity index is 1080. The van der Waals surface area contributed by atoms with Gasteiger partial charge in [0.2, 0.25) is 0 Å². The molecule has 1 aliphatic rings. The van der Waals surface area contributed by atoms with Crippen LogP contribution in [0.3, 0.4) is 0 Å². The van der Waals surface area contributed by atoms with E-state index in [1.807, 2.05) is 13.0 Å². The molecular formula is C20H20FN5O2. The zero-order valence-electron chi connectivity index (χ0n) is 15.5. The Morgan fingerprint density at radius 2 is 2.32 bits per heavy atom. The molecule has 1 atom stereocenters. The maximum absolute atomic E-state index is 13.9. The van der Waals surface area contributed by atoms with Crippen LogP contribution < -0.4 is 4.90 Å². The minimum atomic E-state index is -1.04. The molecule has 1 aliphatic heterocycles. The van der Waals surface area contributed by atoms with Gasteiger partial charge in [0.25, 0.3) is 0 Å². The van der Waals surface area contributed by atoms with Crippen LogP contribution in [-0.2, 0) is 6.42 Å². The van der Waals surface area contributed by atoms with Crippen LogP contribution in [0.5, 0.6) is 0 Å². The smallest absolute Gasteiger partial charge is 0.341 e. The second kappa shape index (κ2) is 7.03. The lowest BCUT2D eigenvalue weighted by Crippen LogP contribution is -2.24. The first kappa shape index (κ1) is 18.1. The van der Waals surface area contributed by atoms with Crippen LogP contribution in [0, 0.1) is 5.82 Å². The molecule has 7 nitrogen and oxygen atoms in total. The third-order valence-electron chi connectivity index (χ3n) is 5.11. The van der Waals surface area contributed by atoms with Crippen LogP contribution in [0.15, 0.2) is 31.1 Å². The molecule has 3 aromatic rings.